The predicted octanol–water partition coefficient (Wildman–Crippen LogP) is 3.48. The van der Waals surface area contributed by atoms with Crippen LogP contribution in [0.15, 0.2) is 48.5 Å². The quantitative estimate of drug-likeness (QED) is 0.523. The fraction of sp³-hybridized carbons (Fsp3) is 0.318. The van der Waals surface area contributed by atoms with E-state index in [1.165, 1.54) is 29.2 Å². The van der Waals surface area contributed by atoms with Gasteiger partial charge >= 0.3 is 5.97 Å². The smallest absolute Gasteiger partial charge is 0.309 e. The van der Waals surface area contributed by atoms with Gasteiger partial charge in [-0.3, -0.25) is 9.59 Å². The number of amides is 1. The maximum absolute atomic E-state index is 13.1. The highest BCUT2D eigenvalue weighted by atomic mass is 19.1. The van der Waals surface area contributed by atoms with E-state index >= 15 is 0 Å². The van der Waals surface area contributed by atoms with Gasteiger partial charge in [-0.15, -0.1) is 0 Å². The molecule has 8 heteroatoms. The number of hydrogen-bond donors (Lipinski definition) is 0. The van der Waals surface area contributed by atoms with Crippen LogP contribution in [0.25, 0.3) is 0 Å². The molecule has 0 unspecified atom stereocenters. The number of rotatable bonds is 11. The fourth-order valence-electron chi connectivity index (χ4n) is 2.52. The molecule has 2 aromatic carbocycles. The van der Waals surface area contributed by atoms with Crippen molar-refractivity contribution >= 4 is 17.6 Å². The highest BCUT2D eigenvalue weighted by molar-refractivity contribution is 5.95. The summed E-state index contributed by atoms with van der Waals surface area (Å²) in [5.74, 6) is -0.220. The number of nitrogens with zero attached hydrogens (tertiary/aromatic N) is 2. The molecule has 0 fully saturated rings. The Balaban J connectivity index is 1.79. The van der Waals surface area contributed by atoms with Crippen molar-refractivity contribution in [2.75, 3.05) is 31.3 Å². The number of carbonyl (C=O) groups is 2. The Labute approximate surface area is 174 Å². The van der Waals surface area contributed by atoms with E-state index in [1.54, 1.807) is 24.3 Å². The van der Waals surface area contributed by atoms with Gasteiger partial charge in [0.15, 0.2) is 6.61 Å². The number of anilines is 1. The Bertz CT molecular complexity index is 863. The molecule has 7 nitrogen and oxygen atoms in total. The summed E-state index contributed by atoms with van der Waals surface area (Å²) in [5, 5.41) is 8.78. The molecule has 0 aliphatic heterocycles. The summed E-state index contributed by atoms with van der Waals surface area (Å²) in [4.78, 5) is 25.6. The molecule has 2 aromatic rings. The van der Waals surface area contributed by atoms with E-state index in [2.05, 4.69) is 0 Å². The van der Waals surface area contributed by atoms with Crippen LogP contribution in [-0.2, 0) is 14.3 Å². The van der Waals surface area contributed by atoms with Crippen molar-refractivity contribution in [2.24, 2.45) is 0 Å². The monoisotopic (exact) mass is 414 g/mol. The van der Waals surface area contributed by atoms with Gasteiger partial charge in [-0.25, -0.2) is 4.39 Å². The van der Waals surface area contributed by atoms with Crippen LogP contribution in [0.4, 0.5) is 10.1 Å². The van der Waals surface area contributed by atoms with E-state index < -0.39 is 24.3 Å². The summed E-state index contributed by atoms with van der Waals surface area (Å²) in [5.41, 5.74) is 0.423. The molecular formula is C22H23FN2O5. The summed E-state index contributed by atoms with van der Waals surface area (Å²) >= 11 is 0. The molecule has 0 heterocycles. The molecule has 0 aliphatic carbocycles. The highest BCUT2D eigenvalue weighted by Gasteiger charge is 2.17. The molecule has 0 N–H and O–H groups in total. The topological polar surface area (TPSA) is 88.9 Å². The van der Waals surface area contributed by atoms with E-state index in [4.69, 9.17) is 19.5 Å². The van der Waals surface area contributed by atoms with Crippen molar-refractivity contribution in [2.45, 2.75) is 19.8 Å². The molecule has 30 heavy (non-hydrogen) atoms. The first-order valence-corrected chi connectivity index (χ1v) is 9.47. The Kier molecular flexibility index (Phi) is 9.13. The van der Waals surface area contributed by atoms with Crippen LogP contribution in [0.5, 0.6) is 11.5 Å². The second-order valence-corrected chi connectivity index (χ2v) is 6.09. The third-order valence-electron chi connectivity index (χ3n) is 3.95. The zero-order chi connectivity index (χ0) is 21.8. The number of carbonyl (C=O) groups excluding carboxylic acids is 2. The molecule has 0 bridgehead atoms. The maximum atomic E-state index is 13.1. The van der Waals surface area contributed by atoms with E-state index in [0.717, 1.165) is 5.75 Å². The van der Waals surface area contributed by atoms with Crippen LogP contribution in [-0.4, -0.2) is 38.2 Å². The zero-order valence-corrected chi connectivity index (χ0v) is 16.7. The average Bonchev–Trinajstić information content (AvgIpc) is 2.75. The number of hydrogen-bond acceptors (Lipinski definition) is 6. The van der Waals surface area contributed by atoms with Gasteiger partial charge in [-0.1, -0.05) is 0 Å². The van der Waals surface area contributed by atoms with Crippen LogP contribution < -0.4 is 14.4 Å². The summed E-state index contributed by atoms with van der Waals surface area (Å²) in [7, 11) is 0. The molecule has 0 radical (unpaired) electrons. The third-order valence-corrected chi connectivity index (χ3v) is 3.95. The second kappa shape index (κ2) is 12.1. The number of benzene rings is 2. The second-order valence-electron chi connectivity index (χ2n) is 6.09. The fourth-order valence-corrected chi connectivity index (χ4v) is 2.52. The van der Waals surface area contributed by atoms with E-state index in [9.17, 15) is 14.0 Å². The minimum absolute atomic E-state index is 0.0325. The van der Waals surface area contributed by atoms with Gasteiger partial charge < -0.3 is 19.1 Å². The lowest BCUT2D eigenvalue weighted by atomic mass is 10.2. The molecule has 0 saturated heterocycles. The summed E-state index contributed by atoms with van der Waals surface area (Å²) < 4.78 is 28.9. The van der Waals surface area contributed by atoms with Crippen molar-refractivity contribution in [3.8, 4) is 17.6 Å². The molecule has 0 spiro atoms. The number of esters is 1. The van der Waals surface area contributed by atoms with Crippen LogP contribution >= 0.6 is 0 Å². The first kappa shape index (κ1) is 22.7. The van der Waals surface area contributed by atoms with Crippen molar-refractivity contribution in [1.29, 1.82) is 5.26 Å². The minimum Gasteiger partial charge on any atom is -0.494 e. The third kappa shape index (κ3) is 7.43. The Morgan fingerprint density at radius 3 is 2.27 bits per heavy atom. The number of nitriles is 1. The summed E-state index contributed by atoms with van der Waals surface area (Å²) in [6, 6.07) is 14.2. The summed E-state index contributed by atoms with van der Waals surface area (Å²) in [6.07, 6.45) is 0.0578. The lowest BCUT2D eigenvalue weighted by Gasteiger charge is -2.21. The Morgan fingerprint density at radius 2 is 1.67 bits per heavy atom. The van der Waals surface area contributed by atoms with Gasteiger partial charge in [0.1, 0.15) is 17.3 Å². The van der Waals surface area contributed by atoms with Crippen molar-refractivity contribution in [1.82, 2.24) is 0 Å². The van der Waals surface area contributed by atoms with Crippen LogP contribution in [0, 0.1) is 17.1 Å². The molecule has 0 atom stereocenters. The Morgan fingerprint density at radius 1 is 1.03 bits per heavy atom. The molecule has 1 amide bonds. The molecule has 2 rings (SSSR count). The maximum Gasteiger partial charge on any atom is 0.309 e. The van der Waals surface area contributed by atoms with Gasteiger partial charge in [-0.2, -0.15) is 5.26 Å². The first-order chi connectivity index (χ1) is 14.5. The van der Waals surface area contributed by atoms with Crippen LogP contribution in [0.3, 0.4) is 0 Å². The van der Waals surface area contributed by atoms with Crippen molar-refractivity contribution in [3.05, 3.63) is 54.3 Å². The lowest BCUT2D eigenvalue weighted by molar-refractivity contribution is -0.148. The van der Waals surface area contributed by atoms with E-state index in [0.29, 0.717) is 18.0 Å². The minimum atomic E-state index is -0.589. The first-order valence-electron chi connectivity index (χ1n) is 9.47. The van der Waals surface area contributed by atoms with Gasteiger partial charge in [0.2, 0.25) is 0 Å². The molecule has 0 aliphatic rings. The van der Waals surface area contributed by atoms with Crippen molar-refractivity contribution < 1.29 is 28.2 Å². The average molecular weight is 414 g/mol. The normalized spacial score (nSPS) is 10.0. The molecular weight excluding hydrogens is 391 g/mol. The van der Waals surface area contributed by atoms with Gasteiger partial charge in [0.05, 0.1) is 32.1 Å². The van der Waals surface area contributed by atoms with Crippen LogP contribution in [0.1, 0.15) is 19.8 Å². The van der Waals surface area contributed by atoms with Crippen molar-refractivity contribution in [3.63, 3.8) is 0 Å². The van der Waals surface area contributed by atoms with E-state index in [-0.39, 0.29) is 26.0 Å². The van der Waals surface area contributed by atoms with Crippen LogP contribution in [0.2, 0.25) is 0 Å². The standard InChI is InChI=1S/C22H23FN2O5/c1-2-28-19-8-10-20(11-9-19)29-15-12-22(27)30-16-21(26)25(14-3-13-24)18-6-4-17(23)5-7-18/h4-11H,2-3,12,14-16H2,1H3. The van der Waals surface area contributed by atoms with Gasteiger partial charge in [-0.05, 0) is 55.5 Å². The van der Waals surface area contributed by atoms with E-state index in [1.807, 2.05) is 13.0 Å². The molecule has 0 aromatic heterocycles. The number of halogens is 1. The van der Waals surface area contributed by atoms with Gasteiger partial charge in [0, 0.05) is 12.2 Å². The predicted molar refractivity (Wildman–Crippen MR) is 108 cm³/mol. The van der Waals surface area contributed by atoms with Gasteiger partial charge in [0.25, 0.3) is 5.91 Å². The molecule has 158 valence electrons. The zero-order valence-electron chi connectivity index (χ0n) is 16.7. The SMILES string of the molecule is CCOc1ccc(OCCC(=O)OCC(=O)N(CCC#N)c2ccc(F)cc2)cc1. The largest absolute Gasteiger partial charge is 0.494 e. The lowest BCUT2D eigenvalue weighted by Crippen LogP contribution is -2.35. The summed E-state index contributed by atoms with van der Waals surface area (Å²) in [6.45, 7) is 2.18. The Hall–Kier alpha value is -3.60. The number of ether oxygens (including phenoxy) is 3. The molecule has 0 saturated carbocycles. The highest BCUT2D eigenvalue weighted by Crippen LogP contribution is 2.18.